The van der Waals surface area contributed by atoms with Crippen molar-refractivity contribution in [3.8, 4) is 11.5 Å². The summed E-state index contributed by atoms with van der Waals surface area (Å²) in [7, 11) is 0. The van der Waals surface area contributed by atoms with E-state index in [2.05, 4.69) is 36.6 Å². The second-order valence-electron chi connectivity index (χ2n) is 18.1. The molecule has 22 nitrogen and oxygen atoms in total. The molecule has 0 radical (unpaired) electrons. The quantitative estimate of drug-likeness (QED) is 0.0203. The molecule has 7 atom stereocenters. The Morgan fingerprint density at radius 3 is 1.70 bits per heavy atom. The first-order valence-corrected chi connectivity index (χ1v) is 24.1. The summed E-state index contributed by atoms with van der Waals surface area (Å²) >= 11 is 0. The molecule has 0 unspecified atom stereocenters. The van der Waals surface area contributed by atoms with Gasteiger partial charge in [-0.05, 0) is 78.3 Å². The Bertz CT molecular complexity index is 2770. The average Bonchev–Trinajstić information content (AvgIpc) is 4.05. The number of carbonyl (C=O) groups is 7. The van der Waals surface area contributed by atoms with Gasteiger partial charge in [0.2, 0.25) is 35.4 Å². The Kier molecular flexibility index (Phi) is 19.5. The summed E-state index contributed by atoms with van der Waals surface area (Å²) in [5.41, 5.74) is 19.8. The number of rotatable bonds is 25. The maximum Gasteiger partial charge on any atom is 0.326 e. The molecule has 5 aromatic rings. The molecule has 6 rings (SSSR count). The first kappa shape index (κ1) is 54.8. The summed E-state index contributed by atoms with van der Waals surface area (Å²) < 4.78 is 0. The highest BCUT2D eigenvalue weighted by Gasteiger charge is 2.39. The number of nitrogens with zero attached hydrogens (tertiary/aromatic N) is 2. The number of aliphatic hydroxyl groups excluding tert-OH is 1. The van der Waals surface area contributed by atoms with Gasteiger partial charge in [0, 0.05) is 55.9 Å². The van der Waals surface area contributed by atoms with E-state index in [1.165, 1.54) is 53.4 Å². The van der Waals surface area contributed by atoms with Gasteiger partial charge in [-0.3, -0.25) is 33.8 Å². The number of hydrogen-bond donors (Lipinski definition) is 13. The molecule has 1 saturated heterocycles. The van der Waals surface area contributed by atoms with Crippen LogP contribution in [0.1, 0.15) is 47.9 Å². The van der Waals surface area contributed by atoms with Crippen LogP contribution in [-0.2, 0) is 59.2 Å². The van der Waals surface area contributed by atoms with Crippen molar-refractivity contribution in [3.63, 3.8) is 0 Å². The second-order valence-corrected chi connectivity index (χ2v) is 18.1. The fourth-order valence-corrected chi connectivity index (χ4v) is 8.66. The zero-order valence-corrected chi connectivity index (χ0v) is 40.5. The van der Waals surface area contributed by atoms with E-state index in [1.54, 1.807) is 42.6 Å². The minimum Gasteiger partial charge on any atom is -0.508 e. The smallest absolute Gasteiger partial charge is 0.326 e. The number of carboxylic acid groups (broad SMARTS) is 1. The molecule has 74 heavy (non-hydrogen) atoms. The SMILES string of the molecule is NC(N)=NCCC[C@H](NC(=O)[C@@H]1CCCN1C(=O)[C@@H](N)CO)C(=O)N[C@@H](Cc1c[nH]c2ccccc12)C(=O)N[C@@H](Cc1ccc(O)cc1)C(=O)N[C@@H](Cc1ccccc1)C(=O)N[C@@H](Cc1ccc(O)cc1)C(=O)O. The number of carbonyl (C=O) groups excluding carboxylic acids is 6. The monoisotopic (exact) mass is 1020 g/mol. The Hall–Kier alpha value is -8.50. The molecule has 16 N–H and O–H groups in total. The summed E-state index contributed by atoms with van der Waals surface area (Å²) in [6.45, 7) is -0.372. The lowest BCUT2D eigenvalue weighted by molar-refractivity contribution is -0.142. The van der Waals surface area contributed by atoms with Crippen molar-refractivity contribution in [1.82, 2.24) is 36.5 Å². The van der Waals surface area contributed by atoms with E-state index in [0.717, 1.165) is 10.9 Å². The van der Waals surface area contributed by atoms with Gasteiger partial charge in [-0.1, -0.05) is 72.8 Å². The lowest BCUT2D eigenvalue weighted by Gasteiger charge is -2.29. The lowest BCUT2D eigenvalue weighted by Crippen LogP contribution is -2.60. The predicted octanol–water partition coefficient (Wildman–Crippen LogP) is -0.277. The summed E-state index contributed by atoms with van der Waals surface area (Å²) in [4.78, 5) is 106. The molecule has 1 aromatic heterocycles. The van der Waals surface area contributed by atoms with Gasteiger partial charge in [0.05, 0.1) is 6.61 Å². The number of aliphatic hydroxyl groups is 1. The van der Waals surface area contributed by atoms with Crippen molar-refractivity contribution < 1.29 is 54.0 Å². The topological polar surface area (TPSA) is 370 Å². The van der Waals surface area contributed by atoms with Gasteiger partial charge in [-0.25, -0.2) is 4.79 Å². The van der Waals surface area contributed by atoms with Gasteiger partial charge in [-0.2, -0.15) is 0 Å². The van der Waals surface area contributed by atoms with Crippen LogP contribution >= 0.6 is 0 Å². The average molecular weight is 1020 g/mol. The van der Waals surface area contributed by atoms with E-state index < -0.39 is 90.3 Å². The van der Waals surface area contributed by atoms with E-state index in [-0.39, 0.29) is 75.5 Å². The Labute approximate surface area is 426 Å². The molecule has 392 valence electrons. The van der Waals surface area contributed by atoms with Crippen LogP contribution in [-0.4, -0.2) is 140 Å². The molecular formula is C52H63N11O11. The zero-order valence-electron chi connectivity index (χ0n) is 40.5. The van der Waals surface area contributed by atoms with Crippen molar-refractivity contribution >= 4 is 58.3 Å². The van der Waals surface area contributed by atoms with Crippen LogP contribution in [0.3, 0.4) is 0 Å². The summed E-state index contributed by atoms with van der Waals surface area (Å²) in [6.07, 6.45) is 1.96. The maximum atomic E-state index is 14.9. The molecule has 2 heterocycles. The van der Waals surface area contributed by atoms with Crippen molar-refractivity contribution in [2.24, 2.45) is 22.2 Å². The summed E-state index contributed by atoms with van der Waals surface area (Å²) in [5, 5.41) is 53.9. The number of H-pyrrole nitrogens is 1. The third-order valence-electron chi connectivity index (χ3n) is 12.6. The number of aromatic hydroxyl groups is 2. The van der Waals surface area contributed by atoms with Gasteiger partial charge in [0.25, 0.3) is 0 Å². The molecule has 0 spiro atoms. The fraction of sp³-hybridized carbons (Fsp3) is 0.346. The van der Waals surface area contributed by atoms with Gasteiger partial charge < -0.3 is 74.1 Å². The van der Waals surface area contributed by atoms with E-state index in [0.29, 0.717) is 28.7 Å². The fourth-order valence-electron chi connectivity index (χ4n) is 8.66. The van der Waals surface area contributed by atoms with Crippen LogP contribution in [0.4, 0.5) is 0 Å². The molecule has 1 aliphatic heterocycles. The Morgan fingerprint density at radius 1 is 0.649 bits per heavy atom. The van der Waals surface area contributed by atoms with E-state index in [9.17, 15) is 54.0 Å². The Balaban J connectivity index is 1.31. The van der Waals surface area contributed by atoms with Crippen LogP contribution in [0.15, 0.2) is 114 Å². The molecule has 0 aliphatic carbocycles. The lowest BCUT2D eigenvalue weighted by atomic mass is 10.00. The number of likely N-dealkylation sites (tertiary alicyclic amines) is 1. The minimum atomic E-state index is -1.46. The number of nitrogens with two attached hydrogens (primary N) is 3. The van der Waals surface area contributed by atoms with Crippen molar-refractivity contribution in [2.45, 2.75) is 93.7 Å². The van der Waals surface area contributed by atoms with E-state index >= 15 is 0 Å². The van der Waals surface area contributed by atoms with Crippen LogP contribution in [0.5, 0.6) is 11.5 Å². The molecule has 0 bridgehead atoms. The van der Waals surface area contributed by atoms with Crippen LogP contribution in [0, 0.1) is 0 Å². The molecule has 4 aromatic carbocycles. The molecule has 22 heteroatoms. The molecule has 1 aliphatic rings. The van der Waals surface area contributed by atoms with Crippen molar-refractivity contribution in [1.29, 1.82) is 0 Å². The summed E-state index contributed by atoms with van der Waals surface area (Å²) in [6, 6.07) is 18.3. The normalized spacial score (nSPS) is 15.6. The number of aromatic amines is 1. The molecular weight excluding hydrogens is 955 g/mol. The number of aliphatic carboxylic acids is 1. The van der Waals surface area contributed by atoms with E-state index in [4.69, 9.17) is 17.2 Å². The standard InChI is InChI=1S/C52H63N11O11/c53-37(29-64)50(72)63-23-7-13-44(63)49(71)58-39(12-6-22-56-52(54)55)45(67)61-42(27-33-28-57-38-11-5-4-10-36(33)38)48(70)60-41(25-31-14-18-34(65)19-15-31)46(68)59-40(24-30-8-2-1-3-9-30)47(69)62-43(51(73)74)26-32-16-20-35(66)21-17-32/h1-5,8-11,14-21,28,37,39-44,57,64-66H,6-7,12-13,22-27,29,53H2,(H,58,71)(H,59,68)(H,60,70)(H,61,67)(H,62,69)(H,73,74)(H4,54,55,56)/t37-,39-,40-,41-,42-,43-,44-/m0/s1. The van der Waals surface area contributed by atoms with E-state index in [1.807, 2.05) is 18.2 Å². The highest BCUT2D eigenvalue weighted by molar-refractivity contribution is 5.98. The largest absolute Gasteiger partial charge is 0.508 e. The first-order valence-electron chi connectivity index (χ1n) is 24.1. The number of benzene rings is 4. The highest BCUT2D eigenvalue weighted by atomic mass is 16.4. The number of phenolic OH excluding ortho intramolecular Hbond substituents is 2. The number of carboxylic acids is 1. The molecule has 1 fully saturated rings. The number of aromatic nitrogens is 1. The van der Waals surface area contributed by atoms with Crippen molar-refractivity contribution in [2.75, 3.05) is 19.7 Å². The second kappa shape index (κ2) is 26.3. The zero-order chi connectivity index (χ0) is 53.3. The number of nitrogens with one attached hydrogen (secondary N) is 6. The molecule has 6 amide bonds. The van der Waals surface area contributed by atoms with Crippen molar-refractivity contribution in [3.05, 3.63) is 132 Å². The third-order valence-corrected chi connectivity index (χ3v) is 12.6. The number of amides is 6. The highest BCUT2D eigenvalue weighted by Crippen LogP contribution is 2.22. The predicted molar refractivity (Wildman–Crippen MR) is 273 cm³/mol. The van der Waals surface area contributed by atoms with Crippen LogP contribution in [0.2, 0.25) is 0 Å². The number of para-hydroxylation sites is 1. The number of fused-ring (bicyclic) bond motifs is 1. The van der Waals surface area contributed by atoms with Crippen LogP contribution < -0.4 is 43.8 Å². The van der Waals surface area contributed by atoms with Crippen LogP contribution in [0.25, 0.3) is 10.9 Å². The van der Waals surface area contributed by atoms with Gasteiger partial charge in [0.15, 0.2) is 5.96 Å². The maximum absolute atomic E-state index is 14.9. The van der Waals surface area contributed by atoms with Gasteiger partial charge in [0.1, 0.15) is 53.8 Å². The Morgan fingerprint density at radius 2 is 1.15 bits per heavy atom. The number of guanidine groups is 1. The number of hydrogen-bond acceptors (Lipinski definition) is 12. The third kappa shape index (κ3) is 15.5. The molecule has 0 saturated carbocycles. The number of phenols is 2. The minimum absolute atomic E-state index is 0.0268. The summed E-state index contributed by atoms with van der Waals surface area (Å²) in [5.74, 6) is -6.31. The van der Waals surface area contributed by atoms with Gasteiger partial charge in [-0.15, -0.1) is 0 Å². The first-order chi connectivity index (χ1) is 35.5. The number of aliphatic imine (C=N–C) groups is 1. The van der Waals surface area contributed by atoms with Gasteiger partial charge >= 0.3 is 5.97 Å².